The minimum absolute atomic E-state index is 0. The number of rotatable bonds is 5. The van der Waals surface area contributed by atoms with Crippen LogP contribution >= 0.6 is 24.0 Å². The molecule has 2 N–H and O–H groups in total. The zero-order chi connectivity index (χ0) is 18.2. The molecule has 0 aliphatic carbocycles. The lowest BCUT2D eigenvalue weighted by molar-refractivity contribution is 0.0302. The lowest BCUT2D eigenvalue weighted by Gasteiger charge is -2.25. The Bertz CT molecular complexity index is 570. The molecule has 1 amide bonds. The van der Waals surface area contributed by atoms with Crippen LogP contribution in [0.2, 0.25) is 0 Å². The van der Waals surface area contributed by atoms with Crippen LogP contribution in [0.25, 0.3) is 0 Å². The monoisotopic (exact) mass is 462 g/mol. The average molecular weight is 462 g/mol. The number of amides is 1. The summed E-state index contributed by atoms with van der Waals surface area (Å²) in [5.41, 5.74) is 1.99. The van der Waals surface area contributed by atoms with Gasteiger partial charge in [-0.25, -0.2) is 4.79 Å². The molecule has 0 heterocycles. The molecular weight excluding hydrogens is 431 g/mol. The van der Waals surface area contributed by atoms with E-state index in [9.17, 15) is 4.79 Å². The molecule has 0 fully saturated rings. The summed E-state index contributed by atoms with van der Waals surface area (Å²) >= 11 is 0. The maximum Gasteiger partial charge on any atom is 0.410 e. The topological polar surface area (TPSA) is 66.0 Å². The molecule has 7 heteroatoms. The first kappa shape index (κ1) is 23.5. The van der Waals surface area contributed by atoms with Crippen LogP contribution in [0.1, 0.15) is 31.9 Å². The van der Waals surface area contributed by atoms with Gasteiger partial charge < -0.3 is 20.3 Å². The van der Waals surface area contributed by atoms with Crippen molar-refractivity contribution in [2.45, 2.75) is 39.8 Å². The number of ether oxygens (including phenoxy) is 1. The Kier molecular flexibility index (Phi) is 10.5. The van der Waals surface area contributed by atoms with E-state index < -0.39 is 5.60 Å². The van der Waals surface area contributed by atoms with E-state index in [0.29, 0.717) is 25.6 Å². The fourth-order valence-corrected chi connectivity index (χ4v) is 1.98. The van der Waals surface area contributed by atoms with Crippen molar-refractivity contribution >= 4 is 36.0 Å². The van der Waals surface area contributed by atoms with E-state index in [1.165, 1.54) is 11.1 Å². The van der Waals surface area contributed by atoms with E-state index in [-0.39, 0.29) is 30.1 Å². The third-order valence-corrected chi connectivity index (χ3v) is 3.38. The molecule has 25 heavy (non-hydrogen) atoms. The fourth-order valence-electron chi connectivity index (χ4n) is 1.98. The number of nitrogens with zero attached hydrogens (tertiary/aromatic N) is 2. The van der Waals surface area contributed by atoms with E-state index in [1.54, 1.807) is 19.0 Å². The van der Waals surface area contributed by atoms with E-state index >= 15 is 0 Å². The van der Waals surface area contributed by atoms with Crippen molar-refractivity contribution in [3.05, 3.63) is 35.4 Å². The summed E-state index contributed by atoms with van der Waals surface area (Å²) in [5.74, 6) is 0.704. The standard InChI is InChI=1S/C18H30N4O2.HI/c1-14-9-7-8-10-15(14)13-21-16(19-5)20-11-12-22(6)17(23)24-18(2,3)4;/h7-10H,11-13H2,1-6H3,(H2,19,20,21);1H. The highest BCUT2D eigenvalue weighted by Gasteiger charge is 2.19. The number of aryl methyl sites for hydroxylation is 1. The van der Waals surface area contributed by atoms with Crippen LogP contribution in [-0.4, -0.2) is 49.7 Å². The van der Waals surface area contributed by atoms with Crippen LogP contribution in [-0.2, 0) is 11.3 Å². The van der Waals surface area contributed by atoms with Crippen molar-refractivity contribution in [3.8, 4) is 0 Å². The minimum Gasteiger partial charge on any atom is -0.444 e. The van der Waals surface area contributed by atoms with Gasteiger partial charge in [0.15, 0.2) is 5.96 Å². The molecule has 0 aromatic heterocycles. The molecule has 1 aromatic rings. The molecule has 0 saturated heterocycles. The molecule has 1 rings (SSSR count). The van der Waals surface area contributed by atoms with Gasteiger partial charge in [-0.1, -0.05) is 24.3 Å². The summed E-state index contributed by atoms with van der Waals surface area (Å²) in [5, 5.41) is 6.47. The maximum absolute atomic E-state index is 11.9. The van der Waals surface area contributed by atoms with Crippen LogP contribution in [0.3, 0.4) is 0 Å². The molecule has 0 saturated carbocycles. The summed E-state index contributed by atoms with van der Waals surface area (Å²) in [7, 11) is 3.45. The third kappa shape index (κ3) is 9.52. The Morgan fingerprint density at radius 3 is 2.44 bits per heavy atom. The number of guanidine groups is 1. The van der Waals surface area contributed by atoms with Crippen molar-refractivity contribution in [1.82, 2.24) is 15.5 Å². The number of nitrogens with one attached hydrogen (secondary N) is 2. The molecule has 0 aliphatic rings. The molecule has 6 nitrogen and oxygen atoms in total. The number of likely N-dealkylation sites (N-methyl/N-ethyl adjacent to an activating group) is 1. The number of benzene rings is 1. The zero-order valence-electron chi connectivity index (χ0n) is 16.0. The SMILES string of the molecule is CN=C(NCCN(C)C(=O)OC(C)(C)C)NCc1ccccc1C.I. The van der Waals surface area contributed by atoms with Gasteiger partial charge in [0.25, 0.3) is 0 Å². The van der Waals surface area contributed by atoms with Crippen LogP contribution in [0, 0.1) is 6.92 Å². The van der Waals surface area contributed by atoms with Gasteiger partial charge in [0.2, 0.25) is 0 Å². The number of halogens is 1. The highest BCUT2D eigenvalue weighted by atomic mass is 127. The summed E-state index contributed by atoms with van der Waals surface area (Å²) in [6, 6.07) is 8.23. The first-order chi connectivity index (χ1) is 11.2. The largest absolute Gasteiger partial charge is 0.444 e. The number of hydrogen-bond donors (Lipinski definition) is 2. The van der Waals surface area contributed by atoms with Crippen molar-refractivity contribution in [2.75, 3.05) is 27.2 Å². The first-order valence-corrected chi connectivity index (χ1v) is 8.16. The summed E-state index contributed by atoms with van der Waals surface area (Å²) in [4.78, 5) is 17.6. The van der Waals surface area contributed by atoms with E-state index in [1.807, 2.05) is 32.9 Å². The molecule has 142 valence electrons. The quantitative estimate of drug-likeness (QED) is 0.401. The van der Waals surface area contributed by atoms with E-state index in [2.05, 4.69) is 34.7 Å². The third-order valence-electron chi connectivity index (χ3n) is 3.38. The first-order valence-electron chi connectivity index (χ1n) is 8.16. The highest BCUT2D eigenvalue weighted by molar-refractivity contribution is 14.0. The molecule has 0 aliphatic heterocycles. The van der Waals surface area contributed by atoms with Gasteiger partial charge >= 0.3 is 6.09 Å². The second-order valence-electron chi connectivity index (χ2n) is 6.68. The molecule has 1 aromatic carbocycles. The molecule has 0 unspecified atom stereocenters. The predicted octanol–water partition coefficient (Wildman–Crippen LogP) is 3.14. The van der Waals surface area contributed by atoms with Gasteiger partial charge in [-0.2, -0.15) is 0 Å². The number of aliphatic imine (C=N–C) groups is 1. The Labute approximate surface area is 168 Å². The Balaban J connectivity index is 0.00000576. The van der Waals surface area contributed by atoms with Gasteiger partial charge in [0.05, 0.1) is 0 Å². The zero-order valence-corrected chi connectivity index (χ0v) is 18.4. The molecule has 0 bridgehead atoms. The Hall–Kier alpha value is -1.51. The number of carbonyl (C=O) groups is 1. The second kappa shape index (κ2) is 11.2. The van der Waals surface area contributed by atoms with Crippen molar-refractivity contribution < 1.29 is 9.53 Å². The van der Waals surface area contributed by atoms with Crippen LogP contribution in [0.5, 0.6) is 0 Å². The number of carbonyl (C=O) groups excluding carboxylic acids is 1. The Morgan fingerprint density at radius 1 is 1.24 bits per heavy atom. The Morgan fingerprint density at radius 2 is 1.88 bits per heavy atom. The summed E-state index contributed by atoms with van der Waals surface area (Å²) < 4.78 is 5.32. The van der Waals surface area contributed by atoms with Gasteiger partial charge in [0.1, 0.15) is 5.60 Å². The predicted molar refractivity (Wildman–Crippen MR) is 114 cm³/mol. The summed E-state index contributed by atoms with van der Waals surface area (Å²) in [6.07, 6.45) is -0.327. The number of hydrogen-bond acceptors (Lipinski definition) is 3. The van der Waals surface area contributed by atoms with E-state index in [0.717, 1.165) is 0 Å². The fraction of sp³-hybridized carbons (Fsp3) is 0.556. The van der Waals surface area contributed by atoms with Gasteiger partial charge in [-0.3, -0.25) is 4.99 Å². The highest BCUT2D eigenvalue weighted by Crippen LogP contribution is 2.08. The van der Waals surface area contributed by atoms with Crippen molar-refractivity contribution in [3.63, 3.8) is 0 Å². The molecule has 0 spiro atoms. The molecule has 0 atom stereocenters. The minimum atomic E-state index is -0.482. The van der Waals surface area contributed by atoms with E-state index in [4.69, 9.17) is 4.74 Å². The second-order valence-corrected chi connectivity index (χ2v) is 6.68. The van der Waals surface area contributed by atoms with Crippen molar-refractivity contribution in [2.24, 2.45) is 4.99 Å². The summed E-state index contributed by atoms with van der Waals surface area (Å²) in [6.45, 7) is 9.47. The van der Waals surface area contributed by atoms with Gasteiger partial charge in [-0.15, -0.1) is 24.0 Å². The van der Waals surface area contributed by atoms with Gasteiger partial charge in [-0.05, 0) is 38.8 Å². The lowest BCUT2D eigenvalue weighted by Crippen LogP contribution is -2.42. The van der Waals surface area contributed by atoms with Crippen LogP contribution < -0.4 is 10.6 Å². The van der Waals surface area contributed by atoms with Crippen LogP contribution in [0.15, 0.2) is 29.3 Å². The van der Waals surface area contributed by atoms with Crippen molar-refractivity contribution in [1.29, 1.82) is 0 Å². The smallest absolute Gasteiger partial charge is 0.410 e. The van der Waals surface area contributed by atoms with Crippen LogP contribution in [0.4, 0.5) is 4.79 Å². The maximum atomic E-state index is 11.9. The lowest BCUT2D eigenvalue weighted by atomic mass is 10.1. The molecule has 0 radical (unpaired) electrons. The van der Waals surface area contributed by atoms with Gasteiger partial charge in [0, 0.05) is 33.7 Å². The average Bonchev–Trinajstić information content (AvgIpc) is 2.50. The normalized spacial score (nSPS) is 11.4. The molecular formula is C18H31IN4O2.